The topological polar surface area (TPSA) is 140 Å². The normalized spacial score (nSPS) is 20.0. The van der Waals surface area contributed by atoms with Gasteiger partial charge >= 0.3 is 5.97 Å². The molecule has 1 N–H and O–H groups in total. The van der Waals surface area contributed by atoms with E-state index in [1.807, 2.05) is 12.1 Å². The first-order chi connectivity index (χ1) is 25.0. The Kier molecular flexibility index (Phi) is 8.61. The highest BCUT2D eigenvalue weighted by Crippen LogP contribution is 2.40. The van der Waals surface area contributed by atoms with Gasteiger partial charge in [-0.25, -0.2) is 15.0 Å². The second-order valence-electron chi connectivity index (χ2n) is 15.2. The monoisotopic (exact) mass is 707 g/mol. The van der Waals surface area contributed by atoms with E-state index in [1.54, 1.807) is 42.8 Å². The molecular weight excluding hydrogens is 662 g/mol. The van der Waals surface area contributed by atoms with Crippen LogP contribution in [0.25, 0.3) is 11.1 Å². The number of piperazine rings is 1. The zero-order valence-corrected chi connectivity index (χ0v) is 30.4. The number of pyridine rings is 2. The molecule has 2 saturated heterocycles. The Morgan fingerprint density at radius 2 is 1.88 bits per heavy atom. The summed E-state index contributed by atoms with van der Waals surface area (Å²) in [5.74, 6) is 1.06. The van der Waals surface area contributed by atoms with E-state index in [2.05, 4.69) is 50.4 Å². The molecule has 1 aliphatic carbocycles. The Balaban J connectivity index is 1.07. The van der Waals surface area contributed by atoms with Gasteiger partial charge < -0.3 is 28.8 Å². The molecule has 1 amide bonds. The van der Waals surface area contributed by atoms with Crippen molar-refractivity contribution in [1.29, 1.82) is 0 Å². The Morgan fingerprint density at radius 3 is 2.60 bits per heavy atom. The zero-order valence-electron chi connectivity index (χ0n) is 30.4. The van der Waals surface area contributed by atoms with Gasteiger partial charge in [-0.05, 0) is 54.5 Å². The molecule has 0 aromatic carbocycles. The summed E-state index contributed by atoms with van der Waals surface area (Å²) in [7, 11) is 1.68. The molecule has 0 spiro atoms. The third-order valence-electron chi connectivity index (χ3n) is 10.8. The summed E-state index contributed by atoms with van der Waals surface area (Å²) >= 11 is 0. The van der Waals surface area contributed by atoms with E-state index in [4.69, 9.17) is 14.5 Å². The number of carbonyl (C=O) groups is 2. The van der Waals surface area contributed by atoms with Gasteiger partial charge in [0.25, 0.3) is 11.5 Å². The molecule has 8 rings (SSSR count). The number of aryl methyl sites for hydroxylation is 1. The first-order valence-corrected chi connectivity index (χ1v) is 18.0. The minimum absolute atomic E-state index is 0.0943. The van der Waals surface area contributed by atoms with Gasteiger partial charge in [-0.2, -0.15) is 0 Å². The van der Waals surface area contributed by atoms with Crippen LogP contribution in [0.3, 0.4) is 0 Å². The van der Waals surface area contributed by atoms with Crippen molar-refractivity contribution in [1.82, 2.24) is 29.0 Å². The first-order valence-electron chi connectivity index (χ1n) is 18.0. The van der Waals surface area contributed by atoms with Crippen molar-refractivity contribution >= 4 is 35.0 Å². The molecule has 4 aromatic rings. The van der Waals surface area contributed by atoms with Crippen LogP contribution in [0.1, 0.15) is 55.0 Å². The number of hydrogen-bond donors (Lipinski definition) is 1. The Labute approximate surface area is 302 Å². The summed E-state index contributed by atoms with van der Waals surface area (Å²) in [4.78, 5) is 59.9. The predicted octanol–water partition coefficient (Wildman–Crippen LogP) is 3.54. The Hall–Kier alpha value is -5.08. The molecule has 7 heterocycles. The van der Waals surface area contributed by atoms with Crippen LogP contribution in [0.2, 0.25) is 0 Å². The van der Waals surface area contributed by atoms with Crippen LogP contribution >= 0.6 is 0 Å². The second kappa shape index (κ2) is 13.2. The predicted molar refractivity (Wildman–Crippen MR) is 196 cm³/mol. The fraction of sp³-hybridized carbons (Fsp3) is 0.474. The van der Waals surface area contributed by atoms with Crippen molar-refractivity contribution in [3.8, 4) is 11.1 Å². The lowest BCUT2D eigenvalue weighted by Crippen LogP contribution is -2.59. The van der Waals surface area contributed by atoms with Gasteiger partial charge in [0.2, 0.25) is 0 Å². The number of hydrogen-bond acceptors (Lipinski definition) is 11. The van der Waals surface area contributed by atoms with Gasteiger partial charge in [-0.15, -0.1) is 0 Å². The van der Waals surface area contributed by atoms with Gasteiger partial charge in [-0.1, -0.05) is 13.8 Å². The minimum atomic E-state index is -0.451. The summed E-state index contributed by atoms with van der Waals surface area (Å²) in [6.07, 6.45) is 8.63. The summed E-state index contributed by atoms with van der Waals surface area (Å²) < 4.78 is 14.6. The van der Waals surface area contributed by atoms with E-state index in [-0.39, 0.29) is 29.5 Å². The van der Waals surface area contributed by atoms with Crippen LogP contribution in [0.5, 0.6) is 0 Å². The standard InChI is InChI=1S/C38H45N9O5/c1-23-18-44(27-20-51-21-27)8-9-45(23)34-17-40-33(16-41-34)42-30-12-26(19-43(5)36(30)49)28-6-7-39-35(29(28)22-52-24(2)48)47-11-10-46-31(37(47)50)13-25-14-38(3,4)15-32(25)46/h6-7,12-13,16-17,19,23,27H,8-11,14-15,18,20-22H2,1-5H3,(H,40,42)/t23-/m0/s1. The molecule has 2 fully saturated rings. The van der Waals surface area contributed by atoms with Crippen molar-refractivity contribution in [2.75, 3.05) is 54.5 Å². The van der Waals surface area contributed by atoms with E-state index in [0.717, 1.165) is 51.5 Å². The fourth-order valence-electron chi connectivity index (χ4n) is 8.13. The van der Waals surface area contributed by atoms with E-state index in [1.165, 1.54) is 22.7 Å². The quantitative estimate of drug-likeness (QED) is 0.269. The number of nitrogens with zero attached hydrogens (tertiary/aromatic N) is 8. The molecule has 0 bridgehead atoms. The molecule has 3 aliphatic heterocycles. The highest BCUT2D eigenvalue weighted by Gasteiger charge is 2.38. The minimum Gasteiger partial charge on any atom is -0.461 e. The van der Waals surface area contributed by atoms with Crippen molar-refractivity contribution in [3.05, 3.63) is 75.9 Å². The molecular formula is C38H45N9O5. The molecule has 4 aliphatic rings. The van der Waals surface area contributed by atoms with E-state index >= 15 is 0 Å². The summed E-state index contributed by atoms with van der Waals surface area (Å²) in [6.45, 7) is 13.4. The number of esters is 1. The highest BCUT2D eigenvalue weighted by molar-refractivity contribution is 6.06. The molecule has 14 nitrogen and oxygen atoms in total. The van der Waals surface area contributed by atoms with Gasteiger partial charge in [0, 0.05) is 82.0 Å². The van der Waals surface area contributed by atoms with Gasteiger partial charge in [-0.3, -0.25) is 24.2 Å². The molecule has 0 saturated carbocycles. The number of fused-ring (bicyclic) bond motifs is 3. The number of nitrogens with one attached hydrogen (secondary N) is 1. The molecule has 272 valence electrons. The van der Waals surface area contributed by atoms with E-state index in [9.17, 15) is 14.4 Å². The average molecular weight is 708 g/mol. The highest BCUT2D eigenvalue weighted by atomic mass is 16.5. The summed E-state index contributed by atoms with van der Waals surface area (Å²) in [5.41, 5.74) is 5.29. The lowest BCUT2D eigenvalue weighted by molar-refractivity contribution is -0.142. The lowest BCUT2D eigenvalue weighted by Gasteiger charge is -2.46. The van der Waals surface area contributed by atoms with E-state index < -0.39 is 5.97 Å². The number of rotatable bonds is 8. The second-order valence-corrected chi connectivity index (χ2v) is 15.2. The van der Waals surface area contributed by atoms with Crippen LogP contribution < -0.4 is 20.7 Å². The molecule has 14 heteroatoms. The van der Waals surface area contributed by atoms with E-state index in [0.29, 0.717) is 58.8 Å². The maximum Gasteiger partial charge on any atom is 0.302 e. The third kappa shape index (κ3) is 6.23. The molecule has 52 heavy (non-hydrogen) atoms. The smallest absolute Gasteiger partial charge is 0.302 e. The molecule has 0 unspecified atom stereocenters. The van der Waals surface area contributed by atoms with Gasteiger partial charge in [0.15, 0.2) is 0 Å². The Morgan fingerprint density at radius 1 is 1.06 bits per heavy atom. The van der Waals surface area contributed by atoms with Crippen LogP contribution in [-0.2, 0) is 47.3 Å². The largest absolute Gasteiger partial charge is 0.461 e. The maximum absolute atomic E-state index is 14.1. The number of amides is 1. The maximum atomic E-state index is 14.1. The zero-order chi connectivity index (χ0) is 36.3. The van der Waals surface area contributed by atoms with Crippen LogP contribution in [-0.4, -0.2) is 92.3 Å². The fourth-order valence-corrected chi connectivity index (χ4v) is 8.13. The van der Waals surface area contributed by atoms with Crippen molar-refractivity contribution in [3.63, 3.8) is 0 Å². The average Bonchev–Trinajstić information content (AvgIpc) is 3.57. The van der Waals surface area contributed by atoms with Crippen molar-refractivity contribution in [2.24, 2.45) is 12.5 Å². The van der Waals surface area contributed by atoms with Crippen LogP contribution in [0.4, 0.5) is 23.1 Å². The van der Waals surface area contributed by atoms with Crippen LogP contribution in [0.15, 0.2) is 47.8 Å². The summed E-state index contributed by atoms with van der Waals surface area (Å²) in [6, 6.07) is 6.37. The van der Waals surface area contributed by atoms with Crippen molar-refractivity contribution in [2.45, 2.75) is 65.8 Å². The molecule has 0 radical (unpaired) electrons. The third-order valence-corrected chi connectivity index (χ3v) is 10.8. The molecule has 1 atom stereocenters. The van der Waals surface area contributed by atoms with Gasteiger partial charge in [0.1, 0.15) is 35.4 Å². The number of aromatic nitrogens is 5. The molecule has 4 aromatic heterocycles. The number of anilines is 4. The van der Waals surface area contributed by atoms with Crippen LogP contribution in [0, 0.1) is 5.41 Å². The number of ether oxygens (including phenoxy) is 2. The lowest BCUT2D eigenvalue weighted by atomic mass is 9.90. The van der Waals surface area contributed by atoms with Crippen molar-refractivity contribution < 1.29 is 19.1 Å². The summed E-state index contributed by atoms with van der Waals surface area (Å²) in [5, 5.41) is 3.18. The number of carbonyl (C=O) groups excluding carboxylic acids is 2. The first kappa shape index (κ1) is 34.0. The Bertz CT molecular complexity index is 2100. The van der Waals surface area contributed by atoms with Gasteiger partial charge in [0.05, 0.1) is 31.6 Å². The SMILES string of the molecule is CC(=O)OCc1c(-c2cc(Nc3cnc(N4CCN(C5COC5)C[C@@H]4C)cn3)c(=O)n(C)c2)ccnc1N1CCn2c(cc3c2CC(C)(C)C3)C1=O.